The van der Waals surface area contributed by atoms with E-state index in [1.165, 1.54) is 5.56 Å². The molecular formula is C19H14N2S. The van der Waals surface area contributed by atoms with Crippen LogP contribution in [0.15, 0.2) is 60.0 Å². The SMILES string of the molecule is N=C1c2ccsc2C(=N)c2c(Cc3ccccc3)cccc21. The molecule has 0 atom stereocenters. The minimum atomic E-state index is 0.539. The van der Waals surface area contributed by atoms with Gasteiger partial charge in [-0.3, -0.25) is 10.8 Å². The van der Waals surface area contributed by atoms with Crippen LogP contribution in [0, 0.1) is 10.8 Å². The van der Waals surface area contributed by atoms with Crippen LogP contribution in [0.4, 0.5) is 0 Å². The fraction of sp³-hybridized carbons (Fsp3) is 0.0526. The first-order chi connectivity index (χ1) is 10.8. The molecule has 1 aromatic heterocycles. The van der Waals surface area contributed by atoms with E-state index < -0.39 is 0 Å². The van der Waals surface area contributed by atoms with Crippen LogP contribution in [0.2, 0.25) is 0 Å². The van der Waals surface area contributed by atoms with Crippen LogP contribution in [-0.4, -0.2) is 11.4 Å². The second-order valence-electron chi connectivity index (χ2n) is 5.42. The molecule has 0 fully saturated rings. The number of benzene rings is 2. The molecule has 2 nitrogen and oxygen atoms in total. The van der Waals surface area contributed by atoms with Gasteiger partial charge >= 0.3 is 0 Å². The van der Waals surface area contributed by atoms with Crippen LogP contribution in [0.1, 0.15) is 32.7 Å². The van der Waals surface area contributed by atoms with Gasteiger partial charge in [0, 0.05) is 16.7 Å². The highest BCUT2D eigenvalue weighted by atomic mass is 32.1. The van der Waals surface area contributed by atoms with E-state index in [1.54, 1.807) is 11.3 Å². The summed E-state index contributed by atoms with van der Waals surface area (Å²) in [7, 11) is 0. The molecule has 0 saturated carbocycles. The summed E-state index contributed by atoms with van der Waals surface area (Å²) in [6.07, 6.45) is 0.792. The zero-order chi connectivity index (χ0) is 15.1. The third-order valence-electron chi connectivity index (χ3n) is 4.07. The lowest BCUT2D eigenvalue weighted by molar-refractivity contribution is 1.17. The molecule has 1 aliphatic rings. The quantitative estimate of drug-likeness (QED) is 0.548. The zero-order valence-corrected chi connectivity index (χ0v) is 12.7. The lowest BCUT2D eigenvalue weighted by Gasteiger charge is -2.21. The van der Waals surface area contributed by atoms with Gasteiger partial charge in [0.2, 0.25) is 0 Å². The largest absolute Gasteiger partial charge is 0.300 e. The van der Waals surface area contributed by atoms with Crippen molar-refractivity contribution >= 4 is 22.8 Å². The van der Waals surface area contributed by atoms with Gasteiger partial charge in [-0.2, -0.15) is 0 Å². The Bertz CT molecular complexity index is 891. The van der Waals surface area contributed by atoms with Gasteiger partial charge in [0.25, 0.3) is 0 Å². The second-order valence-corrected chi connectivity index (χ2v) is 6.33. The first-order valence-electron chi connectivity index (χ1n) is 7.17. The minimum Gasteiger partial charge on any atom is -0.300 e. The average molecular weight is 302 g/mol. The Morgan fingerprint density at radius 3 is 2.41 bits per heavy atom. The molecular weight excluding hydrogens is 288 g/mol. The molecule has 0 spiro atoms. The van der Waals surface area contributed by atoms with Crippen molar-refractivity contribution in [3.05, 3.63) is 92.7 Å². The Morgan fingerprint density at radius 1 is 0.773 bits per heavy atom. The molecule has 0 unspecified atom stereocenters. The standard InChI is InChI=1S/C19H14N2S/c20-17-14-8-4-7-13(11-12-5-2-1-3-6-12)16(14)18(21)19-15(17)9-10-22-19/h1-10,20-21H,11H2. The van der Waals surface area contributed by atoms with Crippen molar-refractivity contribution in [2.75, 3.05) is 0 Å². The van der Waals surface area contributed by atoms with Crippen molar-refractivity contribution < 1.29 is 0 Å². The van der Waals surface area contributed by atoms with Crippen LogP contribution in [0.25, 0.3) is 0 Å². The van der Waals surface area contributed by atoms with Gasteiger partial charge in [0.15, 0.2) is 0 Å². The molecule has 106 valence electrons. The molecule has 0 aliphatic heterocycles. The Labute approximate surface area is 133 Å². The summed E-state index contributed by atoms with van der Waals surface area (Å²) in [5.41, 5.74) is 6.14. The van der Waals surface area contributed by atoms with E-state index >= 15 is 0 Å². The molecule has 2 N–H and O–H groups in total. The van der Waals surface area contributed by atoms with Gasteiger partial charge in [0.05, 0.1) is 16.3 Å². The maximum absolute atomic E-state index is 8.58. The summed E-state index contributed by atoms with van der Waals surface area (Å²) in [4.78, 5) is 0.915. The summed E-state index contributed by atoms with van der Waals surface area (Å²) in [6.45, 7) is 0. The molecule has 1 heterocycles. The van der Waals surface area contributed by atoms with Gasteiger partial charge in [-0.15, -0.1) is 11.3 Å². The number of hydrogen-bond acceptors (Lipinski definition) is 3. The van der Waals surface area contributed by atoms with Crippen molar-refractivity contribution in [1.82, 2.24) is 0 Å². The predicted octanol–water partition coefficient (Wildman–Crippen LogP) is 4.48. The summed E-state index contributed by atoms with van der Waals surface area (Å²) in [5.74, 6) is 0. The lowest BCUT2D eigenvalue weighted by atomic mass is 9.83. The van der Waals surface area contributed by atoms with E-state index in [1.807, 2.05) is 41.8 Å². The molecule has 4 rings (SSSR count). The summed E-state index contributed by atoms with van der Waals surface area (Å²) in [6, 6.07) is 18.3. The molecule has 22 heavy (non-hydrogen) atoms. The van der Waals surface area contributed by atoms with Crippen LogP contribution < -0.4 is 0 Å². The Balaban J connectivity index is 1.86. The van der Waals surface area contributed by atoms with Crippen molar-refractivity contribution in [3.8, 4) is 0 Å². The smallest absolute Gasteiger partial charge is 0.0800 e. The molecule has 0 bridgehead atoms. The third kappa shape index (κ3) is 1.94. The molecule has 2 aromatic carbocycles. The van der Waals surface area contributed by atoms with Crippen molar-refractivity contribution in [1.29, 1.82) is 10.8 Å². The van der Waals surface area contributed by atoms with Crippen LogP contribution >= 0.6 is 11.3 Å². The highest BCUT2D eigenvalue weighted by Gasteiger charge is 2.27. The first-order valence-corrected chi connectivity index (χ1v) is 8.05. The number of hydrogen-bond donors (Lipinski definition) is 2. The van der Waals surface area contributed by atoms with Crippen molar-refractivity contribution in [2.45, 2.75) is 6.42 Å². The highest BCUT2D eigenvalue weighted by molar-refractivity contribution is 7.13. The topological polar surface area (TPSA) is 47.7 Å². The number of nitrogens with one attached hydrogen (secondary N) is 2. The van der Waals surface area contributed by atoms with E-state index in [2.05, 4.69) is 18.2 Å². The second kappa shape index (κ2) is 5.04. The highest BCUT2D eigenvalue weighted by Crippen LogP contribution is 2.33. The maximum atomic E-state index is 8.58. The molecule has 1 aliphatic carbocycles. The summed E-state index contributed by atoms with van der Waals surface area (Å²) < 4.78 is 0. The van der Waals surface area contributed by atoms with E-state index in [0.29, 0.717) is 11.4 Å². The summed E-state index contributed by atoms with van der Waals surface area (Å²) >= 11 is 1.55. The van der Waals surface area contributed by atoms with E-state index in [4.69, 9.17) is 10.8 Å². The predicted molar refractivity (Wildman–Crippen MR) is 91.9 cm³/mol. The van der Waals surface area contributed by atoms with Crippen molar-refractivity contribution in [2.24, 2.45) is 0 Å². The van der Waals surface area contributed by atoms with E-state index in [0.717, 1.165) is 33.6 Å². The molecule has 3 aromatic rings. The van der Waals surface area contributed by atoms with Crippen LogP contribution in [0.3, 0.4) is 0 Å². The third-order valence-corrected chi connectivity index (χ3v) is 5.00. The fourth-order valence-corrected chi connectivity index (χ4v) is 3.88. The first kappa shape index (κ1) is 13.2. The summed E-state index contributed by atoms with van der Waals surface area (Å²) in [5, 5.41) is 19.0. The van der Waals surface area contributed by atoms with Gasteiger partial charge in [-0.25, -0.2) is 0 Å². The van der Waals surface area contributed by atoms with Crippen molar-refractivity contribution in [3.63, 3.8) is 0 Å². The van der Waals surface area contributed by atoms with Gasteiger partial charge in [0.1, 0.15) is 0 Å². The number of fused-ring (bicyclic) bond motifs is 2. The minimum absolute atomic E-state index is 0.539. The molecule has 0 radical (unpaired) electrons. The Kier molecular flexibility index (Phi) is 3.01. The number of thiophene rings is 1. The molecule has 3 heteroatoms. The Morgan fingerprint density at radius 2 is 1.59 bits per heavy atom. The van der Waals surface area contributed by atoms with Crippen LogP contribution in [0.5, 0.6) is 0 Å². The molecule has 0 saturated heterocycles. The van der Waals surface area contributed by atoms with E-state index in [9.17, 15) is 0 Å². The van der Waals surface area contributed by atoms with Crippen LogP contribution in [-0.2, 0) is 6.42 Å². The molecule has 0 amide bonds. The maximum Gasteiger partial charge on any atom is 0.0800 e. The average Bonchev–Trinajstić information content (AvgIpc) is 3.04. The number of rotatable bonds is 2. The fourth-order valence-electron chi connectivity index (χ4n) is 3.03. The Hall–Kier alpha value is -2.52. The van der Waals surface area contributed by atoms with Gasteiger partial charge < -0.3 is 0 Å². The monoisotopic (exact) mass is 302 g/mol. The lowest BCUT2D eigenvalue weighted by Crippen LogP contribution is -2.20. The van der Waals surface area contributed by atoms with Gasteiger partial charge in [-0.05, 0) is 29.0 Å². The van der Waals surface area contributed by atoms with Gasteiger partial charge in [-0.1, -0.05) is 48.5 Å². The zero-order valence-electron chi connectivity index (χ0n) is 11.9. The normalized spacial score (nSPS) is 12.9. The van der Waals surface area contributed by atoms with E-state index in [-0.39, 0.29) is 0 Å².